The van der Waals surface area contributed by atoms with Crippen molar-refractivity contribution in [2.75, 3.05) is 20.1 Å². The summed E-state index contributed by atoms with van der Waals surface area (Å²) in [5, 5.41) is 3.47. The Labute approximate surface area is 238 Å². The highest BCUT2D eigenvalue weighted by molar-refractivity contribution is 6.12. The van der Waals surface area contributed by atoms with Gasteiger partial charge in [-0.15, -0.1) is 0 Å². The molecule has 0 aromatic rings. The van der Waals surface area contributed by atoms with Crippen LogP contribution in [0.2, 0.25) is 0 Å². The van der Waals surface area contributed by atoms with Crippen molar-refractivity contribution in [2.45, 2.75) is 92.9 Å². The Hall–Kier alpha value is -2.72. The first kappa shape index (κ1) is 30.8. The summed E-state index contributed by atoms with van der Waals surface area (Å²) >= 11 is 0. The fraction of sp³-hybridized carbons (Fsp3) is 0.543. The van der Waals surface area contributed by atoms with Crippen LogP contribution in [0.3, 0.4) is 0 Å². The largest absolute Gasteiger partial charge is 0.317 e. The molecule has 0 bridgehead atoms. The first-order chi connectivity index (χ1) is 18.8. The third-order valence-electron chi connectivity index (χ3n) is 8.52. The Kier molecular flexibility index (Phi) is 12.0. The van der Waals surface area contributed by atoms with E-state index in [2.05, 4.69) is 93.0 Å². The van der Waals surface area contributed by atoms with Gasteiger partial charge in [0.2, 0.25) is 0 Å². The Morgan fingerprint density at radius 2 is 1.90 bits per heavy atom. The summed E-state index contributed by atoms with van der Waals surface area (Å²) < 4.78 is 0. The van der Waals surface area contributed by atoms with E-state index in [1.165, 1.54) is 68.2 Å². The van der Waals surface area contributed by atoms with E-state index in [1.54, 1.807) is 5.57 Å². The van der Waals surface area contributed by atoms with Crippen LogP contribution < -0.4 is 5.32 Å². The molecule has 1 saturated heterocycles. The highest BCUT2D eigenvalue weighted by atomic mass is 15.2. The molecule has 4 rings (SSSR count). The van der Waals surface area contributed by atoms with Crippen LogP contribution in [-0.2, 0) is 0 Å². The van der Waals surface area contributed by atoms with Crippen LogP contribution in [0.25, 0.3) is 0 Å². The SMILES string of the molecule is C=C(C)/C(C)=C/C(=NC)C1=CC(=C2CCC2)N2C=C(C3CCNCC3)C=CC2=N1.CCC/C=C(/C)C(C)CC. The molecule has 1 atom stereocenters. The number of allylic oxidation sites excluding steroid dienone is 9. The molecule has 1 unspecified atom stereocenters. The Morgan fingerprint density at radius 1 is 1.18 bits per heavy atom. The molecule has 4 aliphatic rings. The summed E-state index contributed by atoms with van der Waals surface area (Å²) in [6, 6.07) is 0. The number of rotatable bonds is 8. The molecule has 0 amide bonds. The van der Waals surface area contributed by atoms with Crippen LogP contribution in [0.15, 0.2) is 92.4 Å². The highest BCUT2D eigenvalue weighted by Crippen LogP contribution is 2.36. The van der Waals surface area contributed by atoms with Crippen LogP contribution in [0.4, 0.5) is 0 Å². The number of hydrogen-bond acceptors (Lipinski definition) is 4. The van der Waals surface area contributed by atoms with Gasteiger partial charge in [0, 0.05) is 18.9 Å². The number of unbranched alkanes of at least 4 members (excludes halogenated alkanes) is 1. The average Bonchev–Trinajstić information content (AvgIpc) is 2.93. The van der Waals surface area contributed by atoms with Crippen LogP contribution >= 0.6 is 0 Å². The molecule has 0 radical (unpaired) electrons. The van der Waals surface area contributed by atoms with Crippen LogP contribution in [0.1, 0.15) is 92.9 Å². The maximum Gasteiger partial charge on any atom is 0.137 e. The second-order valence-electron chi connectivity index (χ2n) is 11.5. The van der Waals surface area contributed by atoms with E-state index >= 15 is 0 Å². The van der Waals surface area contributed by atoms with Gasteiger partial charge in [0.1, 0.15) is 5.84 Å². The molecule has 1 saturated carbocycles. The molecular formula is C35H52N4. The predicted molar refractivity (Wildman–Crippen MR) is 171 cm³/mol. The topological polar surface area (TPSA) is 40.0 Å². The molecule has 0 spiro atoms. The molecule has 4 nitrogen and oxygen atoms in total. The number of piperidine rings is 1. The fourth-order valence-corrected chi connectivity index (χ4v) is 5.03. The molecule has 0 aromatic carbocycles. The van der Waals surface area contributed by atoms with E-state index in [-0.39, 0.29) is 0 Å². The maximum absolute atomic E-state index is 4.98. The van der Waals surface area contributed by atoms with Gasteiger partial charge in [0.15, 0.2) is 0 Å². The van der Waals surface area contributed by atoms with Crippen molar-refractivity contribution < 1.29 is 0 Å². The molecule has 212 valence electrons. The molecule has 3 heterocycles. The van der Waals surface area contributed by atoms with Gasteiger partial charge in [-0.2, -0.15) is 0 Å². The van der Waals surface area contributed by atoms with Crippen molar-refractivity contribution in [1.29, 1.82) is 0 Å². The summed E-state index contributed by atoms with van der Waals surface area (Å²) in [6.07, 6.45) is 23.4. The zero-order valence-electron chi connectivity index (χ0n) is 25.7. The van der Waals surface area contributed by atoms with Crippen molar-refractivity contribution in [3.63, 3.8) is 0 Å². The van der Waals surface area contributed by atoms with Gasteiger partial charge < -0.3 is 10.2 Å². The van der Waals surface area contributed by atoms with Gasteiger partial charge in [-0.1, -0.05) is 57.1 Å². The first-order valence-corrected chi connectivity index (χ1v) is 15.2. The van der Waals surface area contributed by atoms with E-state index in [0.29, 0.717) is 5.92 Å². The van der Waals surface area contributed by atoms with E-state index in [4.69, 9.17) is 4.99 Å². The first-order valence-electron chi connectivity index (χ1n) is 15.2. The lowest BCUT2D eigenvalue weighted by Gasteiger charge is -2.35. The normalized spacial score (nSPS) is 21.3. The smallest absolute Gasteiger partial charge is 0.137 e. The van der Waals surface area contributed by atoms with Gasteiger partial charge in [-0.3, -0.25) is 4.99 Å². The van der Waals surface area contributed by atoms with Crippen molar-refractivity contribution >= 4 is 11.5 Å². The summed E-state index contributed by atoms with van der Waals surface area (Å²) in [6.45, 7) is 19.4. The van der Waals surface area contributed by atoms with Crippen molar-refractivity contribution in [2.24, 2.45) is 21.8 Å². The molecule has 1 N–H and O–H groups in total. The minimum atomic E-state index is 0.640. The van der Waals surface area contributed by atoms with Crippen LogP contribution in [0.5, 0.6) is 0 Å². The summed E-state index contributed by atoms with van der Waals surface area (Å²) in [4.78, 5) is 11.8. The van der Waals surface area contributed by atoms with Gasteiger partial charge in [0.25, 0.3) is 0 Å². The standard InChI is InChI=1S/C25H32N4.C10H20/c1-17(2)18(3)14-22(26-4)23-15-24(20-6-5-7-20)29-16-21(8-9-25(29)28-23)19-10-12-27-13-11-19;1-5-7-8-10(4)9(3)6-2/h8-9,14-16,19,27H,1,5-7,10-13H2,2-4H3;8-9H,5-7H2,1-4H3/b18-14+,26-22?;10-8-. The van der Waals surface area contributed by atoms with Crippen LogP contribution in [0, 0.1) is 11.8 Å². The minimum absolute atomic E-state index is 0.640. The Bertz CT molecular complexity index is 1120. The quantitative estimate of drug-likeness (QED) is 0.194. The lowest BCUT2D eigenvalue weighted by Crippen LogP contribution is -2.34. The van der Waals surface area contributed by atoms with E-state index in [0.717, 1.165) is 47.4 Å². The number of nitrogens with zero attached hydrogens (tertiary/aromatic N) is 3. The molecule has 0 aromatic heterocycles. The number of amidine groups is 1. The molecule has 1 aliphatic carbocycles. The van der Waals surface area contributed by atoms with Crippen LogP contribution in [-0.4, -0.2) is 36.6 Å². The highest BCUT2D eigenvalue weighted by Gasteiger charge is 2.28. The summed E-state index contributed by atoms with van der Waals surface area (Å²) in [5.74, 6) is 2.42. The van der Waals surface area contributed by atoms with Gasteiger partial charge in [0.05, 0.1) is 11.4 Å². The molecular weight excluding hydrogens is 476 g/mol. The molecule has 2 fully saturated rings. The van der Waals surface area contributed by atoms with Gasteiger partial charge in [-0.25, -0.2) is 4.99 Å². The zero-order valence-corrected chi connectivity index (χ0v) is 25.7. The second-order valence-corrected chi connectivity index (χ2v) is 11.5. The third-order valence-corrected chi connectivity index (χ3v) is 8.52. The van der Waals surface area contributed by atoms with Crippen molar-refractivity contribution in [1.82, 2.24) is 10.2 Å². The molecule has 4 heteroatoms. The Balaban J connectivity index is 0.000000360. The number of fused-ring (bicyclic) bond motifs is 1. The maximum atomic E-state index is 4.98. The lowest BCUT2D eigenvalue weighted by atomic mass is 9.87. The fourth-order valence-electron chi connectivity index (χ4n) is 5.03. The Morgan fingerprint density at radius 3 is 2.46 bits per heavy atom. The van der Waals surface area contributed by atoms with Gasteiger partial charge >= 0.3 is 0 Å². The number of hydrogen-bond donors (Lipinski definition) is 1. The third kappa shape index (κ3) is 8.38. The predicted octanol–water partition coefficient (Wildman–Crippen LogP) is 8.85. The monoisotopic (exact) mass is 528 g/mol. The summed E-state index contributed by atoms with van der Waals surface area (Å²) in [7, 11) is 1.84. The molecule has 39 heavy (non-hydrogen) atoms. The lowest BCUT2D eigenvalue weighted by molar-refractivity contribution is 0.420. The van der Waals surface area contributed by atoms with E-state index in [9.17, 15) is 0 Å². The second kappa shape index (κ2) is 15.2. The molecule has 3 aliphatic heterocycles. The van der Waals surface area contributed by atoms with Gasteiger partial charge in [-0.05, 0) is 126 Å². The van der Waals surface area contributed by atoms with Crippen molar-refractivity contribution in [3.8, 4) is 0 Å². The minimum Gasteiger partial charge on any atom is -0.317 e. The van der Waals surface area contributed by atoms with E-state index < -0.39 is 0 Å². The van der Waals surface area contributed by atoms with Crippen molar-refractivity contribution in [3.05, 3.63) is 82.4 Å². The number of nitrogens with one attached hydrogen (secondary N) is 1. The zero-order chi connectivity index (χ0) is 28.4. The van der Waals surface area contributed by atoms with E-state index in [1.807, 2.05) is 14.0 Å². The summed E-state index contributed by atoms with van der Waals surface area (Å²) in [5.41, 5.74) is 9.87. The average molecular weight is 529 g/mol. The number of aliphatic imine (C=N–C) groups is 2.